The van der Waals surface area contributed by atoms with E-state index in [0.717, 1.165) is 64.3 Å². The van der Waals surface area contributed by atoms with Crippen molar-refractivity contribution < 1.29 is 14.3 Å². The van der Waals surface area contributed by atoms with Crippen LogP contribution in [0.2, 0.25) is 0 Å². The third-order valence-corrected chi connectivity index (χ3v) is 5.51. The Hall–Kier alpha value is -1.10. The van der Waals surface area contributed by atoms with Gasteiger partial charge in [-0.1, -0.05) is 90.9 Å². The second kappa shape index (κ2) is 22.6. The number of hydrogen-bond donors (Lipinski definition) is 2. The van der Waals surface area contributed by atoms with Crippen molar-refractivity contribution in [3.05, 3.63) is 0 Å². The minimum absolute atomic E-state index is 0.176. The fraction of sp³-hybridized carbons (Fsp3) is 0.920. The monoisotopic (exact) mass is 426 g/mol. The highest BCUT2D eigenvalue weighted by Gasteiger charge is 2.09. The van der Waals surface area contributed by atoms with E-state index in [2.05, 4.69) is 19.2 Å². The van der Waals surface area contributed by atoms with Crippen LogP contribution in [0.1, 0.15) is 136 Å². The van der Waals surface area contributed by atoms with Gasteiger partial charge in [0.15, 0.2) is 6.23 Å². The summed E-state index contributed by atoms with van der Waals surface area (Å²) < 4.78 is 5.28. The molecule has 178 valence electrons. The molecule has 0 radical (unpaired) electrons. The van der Waals surface area contributed by atoms with Crippen LogP contribution in [0, 0.1) is 0 Å². The molecular formula is C25H50N2O3. The van der Waals surface area contributed by atoms with Gasteiger partial charge in [-0.15, -0.1) is 0 Å². The van der Waals surface area contributed by atoms with E-state index < -0.39 is 6.23 Å². The van der Waals surface area contributed by atoms with E-state index in [9.17, 15) is 9.59 Å². The zero-order valence-electron chi connectivity index (χ0n) is 20.0. The van der Waals surface area contributed by atoms with Gasteiger partial charge >= 0.3 is 5.97 Å². The van der Waals surface area contributed by atoms with Gasteiger partial charge in [0.25, 0.3) is 0 Å². The van der Waals surface area contributed by atoms with Crippen molar-refractivity contribution in [1.82, 2.24) is 5.32 Å². The van der Waals surface area contributed by atoms with Gasteiger partial charge in [-0.25, -0.2) is 0 Å². The summed E-state index contributed by atoms with van der Waals surface area (Å²) in [6, 6.07) is 0. The molecule has 0 aliphatic carbocycles. The van der Waals surface area contributed by atoms with E-state index >= 15 is 0 Å². The van der Waals surface area contributed by atoms with Crippen molar-refractivity contribution in [2.24, 2.45) is 5.73 Å². The molecule has 5 heteroatoms. The molecule has 30 heavy (non-hydrogen) atoms. The highest BCUT2D eigenvalue weighted by Crippen LogP contribution is 2.10. The van der Waals surface area contributed by atoms with E-state index in [1.807, 2.05) is 0 Å². The fourth-order valence-corrected chi connectivity index (χ4v) is 3.54. The molecule has 1 unspecified atom stereocenters. The second-order valence-electron chi connectivity index (χ2n) is 8.62. The van der Waals surface area contributed by atoms with Crippen molar-refractivity contribution in [1.29, 1.82) is 0 Å². The van der Waals surface area contributed by atoms with E-state index in [0.29, 0.717) is 12.8 Å². The lowest BCUT2D eigenvalue weighted by atomic mass is 10.1. The third kappa shape index (κ3) is 21.6. The summed E-state index contributed by atoms with van der Waals surface area (Å²) in [6.45, 7) is 5.23. The van der Waals surface area contributed by atoms with Crippen LogP contribution in [0.15, 0.2) is 0 Å². The number of nitrogens with two attached hydrogens (primary N) is 1. The molecule has 1 atom stereocenters. The number of hydrogen-bond acceptors (Lipinski definition) is 4. The minimum Gasteiger partial charge on any atom is -0.447 e. The lowest BCUT2D eigenvalue weighted by Crippen LogP contribution is -2.26. The summed E-state index contributed by atoms with van der Waals surface area (Å²) in [6.07, 6.45) is 19.6. The Balaban J connectivity index is 3.39. The van der Waals surface area contributed by atoms with Gasteiger partial charge in [-0.2, -0.15) is 0 Å². The molecule has 0 saturated carbocycles. The van der Waals surface area contributed by atoms with Gasteiger partial charge in [0.1, 0.15) is 0 Å². The predicted octanol–water partition coefficient (Wildman–Crippen LogP) is 6.38. The van der Waals surface area contributed by atoms with Crippen LogP contribution in [0.3, 0.4) is 0 Å². The van der Waals surface area contributed by atoms with E-state index in [4.69, 9.17) is 10.5 Å². The van der Waals surface area contributed by atoms with Crippen LogP contribution in [0.25, 0.3) is 0 Å². The Morgan fingerprint density at radius 1 is 0.700 bits per heavy atom. The van der Waals surface area contributed by atoms with Crippen molar-refractivity contribution >= 4 is 11.9 Å². The van der Waals surface area contributed by atoms with Crippen LogP contribution >= 0.6 is 0 Å². The quantitative estimate of drug-likeness (QED) is 0.119. The Bertz CT molecular complexity index is 402. The number of carbonyl (C=O) groups is 2. The second-order valence-corrected chi connectivity index (χ2v) is 8.62. The molecule has 0 rings (SSSR count). The number of esters is 1. The number of carbonyl (C=O) groups excluding carboxylic acids is 2. The molecule has 0 fully saturated rings. The van der Waals surface area contributed by atoms with Crippen molar-refractivity contribution in [3.63, 3.8) is 0 Å². The first-order valence-corrected chi connectivity index (χ1v) is 12.8. The minimum atomic E-state index is -0.450. The fourth-order valence-electron chi connectivity index (χ4n) is 3.54. The zero-order valence-corrected chi connectivity index (χ0v) is 20.0. The largest absolute Gasteiger partial charge is 0.447 e. The summed E-state index contributed by atoms with van der Waals surface area (Å²) in [5.74, 6) is 0.000878. The van der Waals surface area contributed by atoms with Gasteiger partial charge in [0.2, 0.25) is 5.91 Å². The summed E-state index contributed by atoms with van der Waals surface area (Å²) in [7, 11) is 0. The van der Waals surface area contributed by atoms with Gasteiger partial charge in [0, 0.05) is 19.4 Å². The number of ether oxygens (including phenoxy) is 1. The van der Waals surface area contributed by atoms with Crippen molar-refractivity contribution in [2.75, 3.05) is 6.54 Å². The maximum atomic E-state index is 11.8. The molecule has 0 aliphatic rings. The topological polar surface area (TPSA) is 81.4 Å². The molecule has 3 N–H and O–H groups in total. The smallest absolute Gasteiger partial charge is 0.307 e. The molecule has 5 nitrogen and oxygen atoms in total. The summed E-state index contributed by atoms with van der Waals surface area (Å²) in [4.78, 5) is 23.6. The Morgan fingerprint density at radius 2 is 1.20 bits per heavy atom. The van der Waals surface area contributed by atoms with Gasteiger partial charge < -0.3 is 10.1 Å². The molecular weight excluding hydrogens is 376 g/mol. The van der Waals surface area contributed by atoms with Crippen LogP contribution in [0.4, 0.5) is 0 Å². The normalized spacial score (nSPS) is 12.0. The Morgan fingerprint density at radius 3 is 1.83 bits per heavy atom. The third-order valence-electron chi connectivity index (χ3n) is 5.51. The highest BCUT2D eigenvalue weighted by molar-refractivity contribution is 5.75. The maximum absolute atomic E-state index is 11.8. The van der Waals surface area contributed by atoms with E-state index in [1.54, 1.807) is 0 Å². The van der Waals surface area contributed by atoms with Crippen LogP contribution in [-0.2, 0) is 14.3 Å². The Kier molecular flexibility index (Phi) is 21.8. The SMILES string of the molecule is CCCCCCCCNC(=O)CCCCCCCC(=O)OC(N)CCCCCCC. The van der Waals surface area contributed by atoms with Crippen LogP contribution < -0.4 is 11.1 Å². The lowest BCUT2D eigenvalue weighted by Gasteiger charge is -2.13. The number of unbranched alkanes of at least 4 members (excludes halogenated alkanes) is 13. The van der Waals surface area contributed by atoms with Crippen molar-refractivity contribution in [3.8, 4) is 0 Å². The molecule has 0 aromatic heterocycles. The highest BCUT2D eigenvalue weighted by atomic mass is 16.6. The van der Waals surface area contributed by atoms with Crippen molar-refractivity contribution in [2.45, 2.75) is 142 Å². The van der Waals surface area contributed by atoms with Crippen LogP contribution in [0.5, 0.6) is 0 Å². The summed E-state index contributed by atoms with van der Waals surface area (Å²) >= 11 is 0. The van der Waals surface area contributed by atoms with E-state index in [1.165, 1.54) is 51.4 Å². The number of nitrogens with one attached hydrogen (secondary N) is 1. The van der Waals surface area contributed by atoms with Crippen LogP contribution in [-0.4, -0.2) is 24.6 Å². The first-order valence-electron chi connectivity index (χ1n) is 12.8. The average molecular weight is 427 g/mol. The molecule has 1 amide bonds. The zero-order chi connectivity index (χ0) is 22.3. The maximum Gasteiger partial charge on any atom is 0.307 e. The first-order chi connectivity index (χ1) is 14.6. The molecule has 0 aromatic rings. The summed E-state index contributed by atoms with van der Waals surface area (Å²) in [5, 5.41) is 3.02. The standard InChI is InChI=1S/C25H50N2O3/c1-3-5-7-9-14-18-22-27-24(28)20-16-12-10-13-17-21-25(29)30-23(26)19-15-11-8-6-4-2/h23H,3-22,26H2,1-2H3,(H,27,28). The predicted molar refractivity (Wildman–Crippen MR) is 126 cm³/mol. The molecule has 0 heterocycles. The average Bonchev–Trinajstić information content (AvgIpc) is 2.72. The first kappa shape index (κ1) is 28.9. The van der Waals surface area contributed by atoms with Gasteiger partial charge in [-0.3, -0.25) is 15.3 Å². The molecule has 0 bridgehead atoms. The summed E-state index contributed by atoms with van der Waals surface area (Å²) in [5.41, 5.74) is 5.88. The molecule has 0 aliphatic heterocycles. The molecule has 0 aromatic carbocycles. The Labute approximate surface area is 186 Å². The molecule has 0 saturated heterocycles. The van der Waals surface area contributed by atoms with Gasteiger partial charge in [0.05, 0.1) is 0 Å². The lowest BCUT2D eigenvalue weighted by molar-refractivity contribution is -0.149. The van der Waals surface area contributed by atoms with E-state index in [-0.39, 0.29) is 11.9 Å². The number of amides is 1. The molecule has 0 spiro atoms. The van der Waals surface area contributed by atoms with Gasteiger partial charge in [-0.05, 0) is 32.1 Å². The number of rotatable bonds is 22.